The molecule has 0 atom stereocenters. The zero-order valence-corrected chi connectivity index (χ0v) is 16.7. The molecule has 1 fully saturated rings. The molecule has 29 heavy (non-hydrogen) atoms. The van der Waals surface area contributed by atoms with Crippen molar-refractivity contribution in [1.82, 2.24) is 14.9 Å². The largest absolute Gasteiger partial charge is 0.459 e. The second-order valence-corrected chi connectivity index (χ2v) is 7.36. The van der Waals surface area contributed by atoms with E-state index in [1.165, 1.54) is 6.26 Å². The highest BCUT2D eigenvalue weighted by Crippen LogP contribution is 2.24. The second-order valence-electron chi connectivity index (χ2n) is 7.36. The summed E-state index contributed by atoms with van der Waals surface area (Å²) >= 11 is 0. The van der Waals surface area contributed by atoms with Gasteiger partial charge in [0, 0.05) is 43.9 Å². The zero-order valence-electron chi connectivity index (χ0n) is 16.7. The van der Waals surface area contributed by atoms with Crippen LogP contribution in [0.3, 0.4) is 0 Å². The van der Waals surface area contributed by atoms with Gasteiger partial charge in [0.2, 0.25) is 0 Å². The molecule has 1 aliphatic rings. The standard InChI is InChI=1S/C22H25N5O2/c1-16(2)23-19-15-20(25-21(24-19)17-7-4-3-5-8-17)26-10-12-27(13-11-26)22(28)18-9-6-14-29-18/h3-9,14-16H,10-13H2,1-2H3,(H,23,24,25). The smallest absolute Gasteiger partial charge is 0.289 e. The van der Waals surface area contributed by atoms with Crippen molar-refractivity contribution >= 4 is 17.5 Å². The van der Waals surface area contributed by atoms with Crippen LogP contribution in [0.15, 0.2) is 59.2 Å². The molecule has 7 nitrogen and oxygen atoms in total. The third kappa shape index (κ3) is 4.39. The van der Waals surface area contributed by atoms with Gasteiger partial charge >= 0.3 is 0 Å². The normalized spacial score (nSPS) is 14.3. The quantitative estimate of drug-likeness (QED) is 0.717. The Morgan fingerprint density at radius 3 is 2.45 bits per heavy atom. The first kappa shape index (κ1) is 19.0. The monoisotopic (exact) mass is 391 g/mol. The van der Waals surface area contributed by atoms with Crippen LogP contribution in [0, 0.1) is 0 Å². The molecule has 2 aromatic heterocycles. The predicted molar refractivity (Wildman–Crippen MR) is 113 cm³/mol. The first-order chi connectivity index (χ1) is 14.1. The average molecular weight is 391 g/mol. The van der Waals surface area contributed by atoms with Gasteiger partial charge in [-0.3, -0.25) is 4.79 Å². The van der Waals surface area contributed by atoms with Crippen LogP contribution in [-0.4, -0.2) is 53.0 Å². The number of aromatic nitrogens is 2. The molecule has 0 radical (unpaired) electrons. The number of rotatable bonds is 5. The van der Waals surface area contributed by atoms with Gasteiger partial charge in [0.05, 0.1) is 6.26 Å². The van der Waals surface area contributed by atoms with Gasteiger partial charge in [0.15, 0.2) is 11.6 Å². The van der Waals surface area contributed by atoms with Crippen LogP contribution in [-0.2, 0) is 0 Å². The third-order valence-electron chi connectivity index (χ3n) is 4.80. The van der Waals surface area contributed by atoms with E-state index in [1.54, 1.807) is 12.1 Å². The summed E-state index contributed by atoms with van der Waals surface area (Å²) in [7, 11) is 0. The van der Waals surface area contributed by atoms with Crippen molar-refractivity contribution in [1.29, 1.82) is 0 Å². The van der Waals surface area contributed by atoms with Crippen molar-refractivity contribution in [2.75, 3.05) is 36.4 Å². The minimum absolute atomic E-state index is 0.0653. The first-order valence-electron chi connectivity index (χ1n) is 9.89. The van der Waals surface area contributed by atoms with Crippen LogP contribution in [0.2, 0.25) is 0 Å². The van der Waals surface area contributed by atoms with Crippen LogP contribution in [0.1, 0.15) is 24.4 Å². The summed E-state index contributed by atoms with van der Waals surface area (Å²) in [6.07, 6.45) is 1.53. The molecule has 0 unspecified atom stereocenters. The minimum atomic E-state index is -0.0653. The lowest BCUT2D eigenvalue weighted by Crippen LogP contribution is -2.49. The molecular formula is C22H25N5O2. The summed E-state index contributed by atoms with van der Waals surface area (Å²) in [6, 6.07) is 15.7. The van der Waals surface area contributed by atoms with Gasteiger partial charge in [-0.25, -0.2) is 9.97 Å². The number of carbonyl (C=O) groups excluding carboxylic acids is 1. The van der Waals surface area contributed by atoms with Crippen molar-refractivity contribution in [3.63, 3.8) is 0 Å². The first-order valence-corrected chi connectivity index (χ1v) is 9.89. The Morgan fingerprint density at radius 2 is 1.79 bits per heavy atom. The van der Waals surface area contributed by atoms with E-state index in [0.29, 0.717) is 37.8 Å². The molecule has 1 amide bonds. The maximum absolute atomic E-state index is 12.5. The zero-order chi connectivity index (χ0) is 20.2. The van der Waals surface area contributed by atoms with Crippen molar-refractivity contribution in [3.05, 3.63) is 60.6 Å². The molecule has 7 heteroatoms. The van der Waals surface area contributed by atoms with E-state index in [0.717, 1.165) is 17.2 Å². The maximum atomic E-state index is 12.5. The molecule has 3 aromatic rings. The lowest BCUT2D eigenvalue weighted by Gasteiger charge is -2.35. The summed E-state index contributed by atoms with van der Waals surface area (Å²) < 4.78 is 5.24. The summed E-state index contributed by atoms with van der Waals surface area (Å²) in [5.74, 6) is 2.69. The number of furan rings is 1. The van der Waals surface area contributed by atoms with Crippen LogP contribution in [0.25, 0.3) is 11.4 Å². The van der Waals surface area contributed by atoms with Crippen molar-refractivity contribution in [3.8, 4) is 11.4 Å². The number of carbonyl (C=O) groups is 1. The number of nitrogens with one attached hydrogen (secondary N) is 1. The molecule has 3 heterocycles. The Morgan fingerprint density at radius 1 is 1.03 bits per heavy atom. The van der Waals surface area contributed by atoms with E-state index in [-0.39, 0.29) is 11.9 Å². The van der Waals surface area contributed by atoms with Gasteiger partial charge in [-0.15, -0.1) is 0 Å². The predicted octanol–water partition coefficient (Wildman–Crippen LogP) is 3.52. The Balaban J connectivity index is 1.54. The van der Waals surface area contributed by atoms with Gasteiger partial charge < -0.3 is 19.5 Å². The number of anilines is 2. The second kappa shape index (κ2) is 8.34. The van der Waals surface area contributed by atoms with Crippen LogP contribution in [0.4, 0.5) is 11.6 Å². The Hall–Kier alpha value is -3.35. The minimum Gasteiger partial charge on any atom is -0.459 e. The number of nitrogens with zero attached hydrogens (tertiary/aromatic N) is 4. The fourth-order valence-electron chi connectivity index (χ4n) is 3.38. The molecule has 0 saturated carbocycles. The molecule has 4 rings (SSSR count). The van der Waals surface area contributed by atoms with Crippen molar-refractivity contribution < 1.29 is 9.21 Å². The third-order valence-corrected chi connectivity index (χ3v) is 4.80. The number of piperazine rings is 1. The number of hydrogen-bond donors (Lipinski definition) is 1. The van der Waals surface area contributed by atoms with E-state index in [1.807, 2.05) is 41.3 Å². The summed E-state index contributed by atoms with van der Waals surface area (Å²) in [5, 5.41) is 3.39. The van der Waals surface area contributed by atoms with E-state index >= 15 is 0 Å². The van der Waals surface area contributed by atoms with E-state index in [4.69, 9.17) is 9.40 Å². The molecule has 1 aromatic carbocycles. The van der Waals surface area contributed by atoms with E-state index in [9.17, 15) is 4.79 Å². The molecule has 0 aliphatic carbocycles. The van der Waals surface area contributed by atoms with Gasteiger partial charge in [-0.05, 0) is 26.0 Å². The van der Waals surface area contributed by atoms with Crippen LogP contribution < -0.4 is 10.2 Å². The van der Waals surface area contributed by atoms with Gasteiger partial charge in [0.25, 0.3) is 5.91 Å². The molecule has 150 valence electrons. The number of hydrogen-bond acceptors (Lipinski definition) is 6. The van der Waals surface area contributed by atoms with Crippen LogP contribution >= 0.6 is 0 Å². The van der Waals surface area contributed by atoms with E-state index < -0.39 is 0 Å². The fraction of sp³-hybridized carbons (Fsp3) is 0.318. The summed E-state index contributed by atoms with van der Waals surface area (Å²) in [5.41, 5.74) is 0.979. The van der Waals surface area contributed by atoms with Gasteiger partial charge in [0.1, 0.15) is 11.6 Å². The molecule has 0 spiro atoms. The maximum Gasteiger partial charge on any atom is 0.289 e. The summed E-state index contributed by atoms with van der Waals surface area (Å²) in [6.45, 7) is 6.83. The Bertz CT molecular complexity index is 949. The lowest BCUT2D eigenvalue weighted by atomic mass is 10.2. The average Bonchev–Trinajstić information content (AvgIpc) is 3.28. The Labute approximate surface area is 170 Å². The number of amides is 1. The fourth-order valence-corrected chi connectivity index (χ4v) is 3.38. The van der Waals surface area contributed by atoms with Crippen molar-refractivity contribution in [2.24, 2.45) is 0 Å². The SMILES string of the molecule is CC(C)Nc1cc(N2CCN(C(=O)c3ccco3)CC2)nc(-c2ccccc2)n1. The Kier molecular flexibility index (Phi) is 5.46. The highest BCUT2D eigenvalue weighted by Gasteiger charge is 2.25. The topological polar surface area (TPSA) is 74.5 Å². The van der Waals surface area contributed by atoms with E-state index in [2.05, 4.69) is 29.0 Å². The lowest BCUT2D eigenvalue weighted by molar-refractivity contribution is 0.0714. The molecule has 1 saturated heterocycles. The molecular weight excluding hydrogens is 366 g/mol. The highest BCUT2D eigenvalue weighted by molar-refractivity contribution is 5.91. The van der Waals surface area contributed by atoms with Crippen LogP contribution in [0.5, 0.6) is 0 Å². The summed E-state index contributed by atoms with van der Waals surface area (Å²) in [4.78, 5) is 26.0. The molecule has 1 aliphatic heterocycles. The van der Waals surface area contributed by atoms with Crippen molar-refractivity contribution in [2.45, 2.75) is 19.9 Å². The number of benzene rings is 1. The molecule has 1 N–H and O–H groups in total. The molecule has 0 bridgehead atoms. The van der Waals surface area contributed by atoms with Gasteiger partial charge in [-0.2, -0.15) is 0 Å². The van der Waals surface area contributed by atoms with Gasteiger partial charge in [-0.1, -0.05) is 30.3 Å². The highest BCUT2D eigenvalue weighted by atomic mass is 16.3.